The molecule has 0 aliphatic carbocycles. The van der Waals surface area contributed by atoms with Gasteiger partial charge in [-0.3, -0.25) is 9.59 Å². The molecule has 2 aromatic rings. The van der Waals surface area contributed by atoms with E-state index < -0.39 is 17.6 Å². The Morgan fingerprint density at radius 2 is 2.12 bits per heavy atom. The van der Waals surface area contributed by atoms with Crippen LogP contribution in [0.2, 0.25) is 5.02 Å². The first-order valence-corrected chi connectivity index (χ1v) is 8.48. The average molecular weight is 377 g/mol. The van der Waals surface area contributed by atoms with Gasteiger partial charge in [0.25, 0.3) is 0 Å². The molecule has 1 saturated heterocycles. The summed E-state index contributed by atoms with van der Waals surface area (Å²) < 4.78 is 19.3. The van der Waals surface area contributed by atoms with E-state index in [0.717, 1.165) is 5.56 Å². The van der Waals surface area contributed by atoms with E-state index in [0.29, 0.717) is 11.4 Å². The molecule has 0 radical (unpaired) electrons. The van der Waals surface area contributed by atoms with Crippen LogP contribution in [-0.4, -0.2) is 25.5 Å². The Morgan fingerprint density at radius 3 is 2.85 bits per heavy atom. The van der Waals surface area contributed by atoms with Crippen molar-refractivity contribution >= 4 is 34.8 Å². The van der Waals surface area contributed by atoms with Gasteiger partial charge in [0, 0.05) is 13.0 Å². The highest BCUT2D eigenvalue weighted by Crippen LogP contribution is 2.34. The minimum absolute atomic E-state index is 0.00142. The molecular formula is C19H18ClFN2O3. The molecular weight excluding hydrogens is 359 g/mol. The third-order valence-electron chi connectivity index (χ3n) is 4.33. The number of amides is 2. The molecule has 1 aliphatic rings. The SMILES string of the molecule is COc1ccc(C)cc1N1CC(C(=O)Nc2cccc(Cl)c2F)CC1=O. The van der Waals surface area contributed by atoms with Crippen LogP contribution in [0.25, 0.3) is 0 Å². The number of hydrogen-bond donors (Lipinski definition) is 1. The summed E-state index contributed by atoms with van der Waals surface area (Å²) in [6, 6.07) is 9.88. The van der Waals surface area contributed by atoms with Gasteiger partial charge >= 0.3 is 0 Å². The molecule has 1 heterocycles. The van der Waals surface area contributed by atoms with E-state index in [1.165, 1.54) is 24.1 Å². The van der Waals surface area contributed by atoms with Crippen LogP contribution in [0.3, 0.4) is 0 Å². The number of benzene rings is 2. The summed E-state index contributed by atoms with van der Waals surface area (Å²) in [6.45, 7) is 2.11. The van der Waals surface area contributed by atoms with Crippen LogP contribution in [-0.2, 0) is 9.59 Å². The maximum absolute atomic E-state index is 14.0. The maximum atomic E-state index is 14.0. The number of ether oxygens (including phenoxy) is 1. The van der Waals surface area contributed by atoms with Crippen molar-refractivity contribution in [2.75, 3.05) is 23.9 Å². The molecule has 0 aromatic heterocycles. The fourth-order valence-corrected chi connectivity index (χ4v) is 3.14. The van der Waals surface area contributed by atoms with Crippen molar-refractivity contribution in [1.82, 2.24) is 0 Å². The van der Waals surface area contributed by atoms with Gasteiger partial charge in [-0.2, -0.15) is 0 Å². The molecule has 1 unspecified atom stereocenters. The van der Waals surface area contributed by atoms with E-state index >= 15 is 0 Å². The predicted molar refractivity (Wildman–Crippen MR) is 98.2 cm³/mol. The summed E-state index contributed by atoms with van der Waals surface area (Å²) in [6.07, 6.45) is 0.0467. The average Bonchev–Trinajstić information content (AvgIpc) is 3.00. The van der Waals surface area contributed by atoms with E-state index in [4.69, 9.17) is 16.3 Å². The van der Waals surface area contributed by atoms with Gasteiger partial charge in [0.15, 0.2) is 5.82 Å². The van der Waals surface area contributed by atoms with Crippen molar-refractivity contribution in [2.45, 2.75) is 13.3 Å². The van der Waals surface area contributed by atoms with Crippen molar-refractivity contribution in [3.8, 4) is 5.75 Å². The molecule has 3 rings (SSSR count). The van der Waals surface area contributed by atoms with Gasteiger partial charge in [0.1, 0.15) is 5.75 Å². The fraction of sp³-hybridized carbons (Fsp3) is 0.263. The third kappa shape index (κ3) is 3.51. The van der Waals surface area contributed by atoms with Gasteiger partial charge in [-0.15, -0.1) is 0 Å². The number of carbonyl (C=O) groups is 2. The van der Waals surface area contributed by atoms with Crippen LogP contribution in [0.15, 0.2) is 36.4 Å². The number of nitrogens with one attached hydrogen (secondary N) is 1. The Kier molecular flexibility index (Phi) is 5.13. The number of rotatable bonds is 4. The van der Waals surface area contributed by atoms with Crippen LogP contribution in [0.4, 0.5) is 15.8 Å². The predicted octanol–water partition coefficient (Wildman–Crippen LogP) is 3.79. The van der Waals surface area contributed by atoms with Crippen LogP contribution in [0.5, 0.6) is 5.75 Å². The Balaban J connectivity index is 1.78. The molecule has 0 saturated carbocycles. The molecule has 1 atom stereocenters. The minimum atomic E-state index is -0.691. The second-order valence-electron chi connectivity index (χ2n) is 6.17. The summed E-state index contributed by atoms with van der Waals surface area (Å²) in [4.78, 5) is 26.5. The van der Waals surface area contributed by atoms with E-state index in [1.54, 1.807) is 12.1 Å². The monoisotopic (exact) mass is 376 g/mol. The summed E-state index contributed by atoms with van der Waals surface area (Å²) >= 11 is 5.73. The zero-order valence-electron chi connectivity index (χ0n) is 14.4. The third-order valence-corrected chi connectivity index (χ3v) is 4.62. The quantitative estimate of drug-likeness (QED) is 0.883. The van der Waals surface area contributed by atoms with Crippen molar-refractivity contribution in [3.63, 3.8) is 0 Å². The summed E-state index contributed by atoms with van der Waals surface area (Å²) in [7, 11) is 1.53. The highest BCUT2D eigenvalue weighted by Gasteiger charge is 2.36. The molecule has 0 bridgehead atoms. The van der Waals surface area contributed by atoms with Crippen LogP contribution >= 0.6 is 11.6 Å². The van der Waals surface area contributed by atoms with Gasteiger partial charge in [0.05, 0.1) is 29.4 Å². The lowest BCUT2D eigenvalue weighted by Gasteiger charge is -2.20. The van der Waals surface area contributed by atoms with Crippen molar-refractivity contribution < 1.29 is 18.7 Å². The number of carbonyl (C=O) groups excluding carboxylic acids is 2. The summed E-state index contributed by atoms with van der Waals surface area (Å²) in [5.74, 6) is -1.32. The van der Waals surface area contributed by atoms with E-state index in [-0.39, 0.29) is 29.6 Å². The van der Waals surface area contributed by atoms with Crippen LogP contribution in [0.1, 0.15) is 12.0 Å². The van der Waals surface area contributed by atoms with Crippen LogP contribution < -0.4 is 15.0 Å². The molecule has 5 nitrogen and oxygen atoms in total. The largest absolute Gasteiger partial charge is 0.495 e. The highest BCUT2D eigenvalue weighted by atomic mass is 35.5. The summed E-state index contributed by atoms with van der Waals surface area (Å²) in [5, 5.41) is 2.44. The molecule has 2 aromatic carbocycles. The fourth-order valence-electron chi connectivity index (χ4n) is 2.96. The minimum Gasteiger partial charge on any atom is -0.495 e. The van der Waals surface area contributed by atoms with E-state index in [2.05, 4.69) is 5.32 Å². The number of anilines is 2. The van der Waals surface area contributed by atoms with Gasteiger partial charge in [-0.05, 0) is 36.8 Å². The Morgan fingerprint density at radius 1 is 1.35 bits per heavy atom. The number of aryl methyl sites for hydroxylation is 1. The Labute approximate surface area is 155 Å². The molecule has 7 heteroatoms. The van der Waals surface area contributed by atoms with Gasteiger partial charge in [-0.25, -0.2) is 4.39 Å². The lowest BCUT2D eigenvalue weighted by molar-refractivity contribution is -0.122. The van der Waals surface area contributed by atoms with Crippen molar-refractivity contribution in [3.05, 3.63) is 52.8 Å². The molecule has 1 fully saturated rings. The zero-order valence-corrected chi connectivity index (χ0v) is 15.1. The Bertz CT molecular complexity index is 872. The Hall–Kier alpha value is -2.60. The number of halogens is 2. The maximum Gasteiger partial charge on any atom is 0.229 e. The second-order valence-corrected chi connectivity index (χ2v) is 6.58. The lowest BCUT2D eigenvalue weighted by atomic mass is 10.1. The first kappa shape index (κ1) is 18.2. The van der Waals surface area contributed by atoms with Crippen molar-refractivity contribution in [2.24, 2.45) is 5.92 Å². The molecule has 26 heavy (non-hydrogen) atoms. The topological polar surface area (TPSA) is 58.6 Å². The zero-order chi connectivity index (χ0) is 18.8. The van der Waals surface area contributed by atoms with E-state index in [9.17, 15) is 14.0 Å². The lowest BCUT2D eigenvalue weighted by Crippen LogP contribution is -2.28. The molecule has 136 valence electrons. The normalized spacial score (nSPS) is 16.7. The van der Waals surface area contributed by atoms with Gasteiger partial charge < -0.3 is 15.0 Å². The standard InChI is InChI=1S/C19H18ClFN2O3/c1-11-6-7-16(26-2)15(8-11)23-10-12(9-17(23)24)19(25)22-14-5-3-4-13(20)18(14)21/h3-8,12H,9-10H2,1-2H3,(H,22,25). The second kappa shape index (κ2) is 7.33. The first-order chi connectivity index (χ1) is 12.4. The summed E-state index contributed by atoms with van der Waals surface area (Å²) in [5.41, 5.74) is 1.60. The van der Waals surface area contributed by atoms with Crippen molar-refractivity contribution in [1.29, 1.82) is 0 Å². The van der Waals surface area contributed by atoms with Crippen LogP contribution in [0, 0.1) is 18.7 Å². The number of hydrogen-bond acceptors (Lipinski definition) is 3. The molecule has 1 N–H and O–H groups in total. The first-order valence-electron chi connectivity index (χ1n) is 8.10. The number of nitrogens with zero attached hydrogens (tertiary/aromatic N) is 1. The van der Waals surface area contributed by atoms with E-state index in [1.807, 2.05) is 19.1 Å². The smallest absolute Gasteiger partial charge is 0.229 e. The van der Waals surface area contributed by atoms with Gasteiger partial charge in [-0.1, -0.05) is 23.7 Å². The highest BCUT2D eigenvalue weighted by molar-refractivity contribution is 6.31. The molecule has 2 amide bonds. The molecule has 1 aliphatic heterocycles. The van der Waals surface area contributed by atoms with Gasteiger partial charge in [0.2, 0.25) is 11.8 Å². The molecule has 0 spiro atoms. The number of methoxy groups -OCH3 is 1.